The summed E-state index contributed by atoms with van der Waals surface area (Å²) in [6.45, 7) is 2.03. The van der Waals surface area contributed by atoms with E-state index in [0.29, 0.717) is 26.3 Å². The van der Waals surface area contributed by atoms with Gasteiger partial charge in [0.25, 0.3) is 0 Å². The normalized spacial score (nSPS) is 12.0. The maximum atomic E-state index is 11.7. The number of halogens is 1. The fourth-order valence-electron chi connectivity index (χ4n) is 1.26. The third-order valence-corrected chi connectivity index (χ3v) is 4.03. The molecule has 0 saturated heterocycles. The van der Waals surface area contributed by atoms with E-state index >= 15 is 0 Å². The molecule has 8 heteroatoms. The monoisotopic (exact) mass is 400 g/mol. The van der Waals surface area contributed by atoms with Gasteiger partial charge in [-0.1, -0.05) is 0 Å². The number of carbonyl (C=O) groups is 1. The lowest BCUT2D eigenvalue weighted by Crippen LogP contribution is -2.09. The lowest BCUT2D eigenvalue weighted by molar-refractivity contribution is 0.0522. The topological polar surface area (TPSA) is 78.5 Å². The largest absolute Gasteiger partial charge is 0.755 e. The number of thioether (sulfide) groups is 1. The van der Waals surface area contributed by atoms with Gasteiger partial charge >= 0.3 is 5.97 Å². The van der Waals surface area contributed by atoms with Crippen molar-refractivity contribution in [1.82, 2.24) is 0 Å². The molecule has 0 aliphatic carbocycles. The molecule has 0 heterocycles. The molecule has 100 valence electrons. The number of anilines is 1. The first kappa shape index (κ1) is 15.7. The van der Waals surface area contributed by atoms with Crippen LogP contribution in [0.2, 0.25) is 0 Å². The van der Waals surface area contributed by atoms with Crippen molar-refractivity contribution < 1.29 is 18.3 Å². The molecule has 0 fully saturated rings. The van der Waals surface area contributed by atoms with Gasteiger partial charge in [0.2, 0.25) is 0 Å². The Labute approximate surface area is 126 Å². The quantitative estimate of drug-likeness (QED) is 0.356. The van der Waals surface area contributed by atoms with Crippen LogP contribution in [0.4, 0.5) is 5.69 Å². The van der Waals surface area contributed by atoms with E-state index in [2.05, 4.69) is 4.72 Å². The molecule has 0 aliphatic heterocycles. The Morgan fingerprint density at radius 3 is 2.78 bits per heavy atom. The van der Waals surface area contributed by atoms with E-state index in [0.717, 1.165) is 0 Å². The van der Waals surface area contributed by atoms with E-state index in [1.807, 2.05) is 28.8 Å². The van der Waals surface area contributed by atoms with Gasteiger partial charge in [-0.05, 0) is 47.9 Å². The molecule has 0 aromatic heterocycles. The van der Waals surface area contributed by atoms with E-state index in [1.165, 1.54) is 11.8 Å². The predicted octanol–water partition coefficient (Wildman–Crippen LogP) is 2.40. The van der Waals surface area contributed by atoms with Crippen LogP contribution in [0, 0.1) is 3.57 Å². The summed E-state index contributed by atoms with van der Waals surface area (Å²) in [5, 5.41) is 0. The number of ether oxygens (including phenoxy) is 1. The molecule has 18 heavy (non-hydrogen) atoms. The van der Waals surface area contributed by atoms with Crippen LogP contribution in [0.15, 0.2) is 17.0 Å². The zero-order valence-corrected chi connectivity index (χ0v) is 13.5. The Morgan fingerprint density at radius 1 is 1.61 bits per heavy atom. The first-order valence-electron chi connectivity index (χ1n) is 4.90. The van der Waals surface area contributed by atoms with Crippen LogP contribution in [0.3, 0.4) is 0 Å². The third-order valence-electron chi connectivity index (χ3n) is 1.98. The van der Waals surface area contributed by atoms with E-state index in [-0.39, 0.29) is 0 Å². The summed E-state index contributed by atoms with van der Waals surface area (Å²) in [5.74, 6) is -0.408. The molecule has 1 aromatic carbocycles. The molecule has 1 rings (SSSR count). The van der Waals surface area contributed by atoms with Gasteiger partial charge in [-0.2, -0.15) is 0 Å². The molecule has 1 unspecified atom stereocenters. The lowest BCUT2D eigenvalue weighted by Gasteiger charge is -2.14. The minimum atomic E-state index is -2.39. The summed E-state index contributed by atoms with van der Waals surface area (Å²) in [6.07, 6.45) is 1.81. The highest BCUT2D eigenvalue weighted by molar-refractivity contribution is 14.1. The van der Waals surface area contributed by atoms with Gasteiger partial charge in [0.1, 0.15) is 0 Å². The molecular formula is C10H11INO4S2-. The zero-order chi connectivity index (χ0) is 13.7. The van der Waals surface area contributed by atoms with Crippen LogP contribution in [0.1, 0.15) is 17.3 Å². The SMILES string of the molecule is CCOC(=O)c1cc(I)c(NS(=O)[O-])cc1SC. The predicted molar refractivity (Wildman–Crippen MR) is 79.4 cm³/mol. The van der Waals surface area contributed by atoms with E-state index in [4.69, 9.17) is 4.74 Å². The number of hydrogen-bond acceptors (Lipinski definition) is 5. The van der Waals surface area contributed by atoms with Crippen molar-refractivity contribution in [3.8, 4) is 0 Å². The van der Waals surface area contributed by atoms with Gasteiger partial charge in [0, 0.05) is 19.7 Å². The van der Waals surface area contributed by atoms with Gasteiger partial charge < -0.3 is 14.0 Å². The Bertz CT molecular complexity index is 481. The average molecular weight is 400 g/mol. The first-order chi connectivity index (χ1) is 8.49. The third kappa shape index (κ3) is 4.11. The van der Waals surface area contributed by atoms with Gasteiger partial charge in [-0.25, -0.2) is 4.79 Å². The van der Waals surface area contributed by atoms with Crippen molar-refractivity contribution in [1.29, 1.82) is 0 Å². The number of esters is 1. The fraction of sp³-hybridized carbons (Fsp3) is 0.300. The number of hydrogen-bond donors (Lipinski definition) is 1. The fourth-order valence-corrected chi connectivity index (χ4v) is 2.99. The first-order valence-corrected chi connectivity index (χ1v) is 8.28. The summed E-state index contributed by atoms with van der Waals surface area (Å²) < 4.78 is 29.1. The Morgan fingerprint density at radius 2 is 2.28 bits per heavy atom. The zero-order valence-electron chi connectivity index (χ0n) is 9.69. The second-order valence-electron chi connectivity index (χ2n) is 3.09. The van der Waals surface area contributed by atoms with Gasteiger partial charge in [0.05, 0.1) is 17.9 Å². The molecular weight excluding hydrogens is 389 g/mol. The second-order valence-corrected chi connectivity index (χ2v) is 5.77. The van der Waals surface area contributed by atoms with Crippen LogP contribution in [0.25, 0.3) is 0 Å². The average Bonchev–Trinajstić information content (AvgIpc) is 2.31. The minimum Gasteiger partial charge on any atom is -0.755 e. The molecule has 0 bridgehead atoms. The molecule has 0 spiro atoms. The molecule has 1 N–H and O–H groups in total. The van der Waals surface area contributed by atoms with Gasteiger partial charge in [-0.3, -0.25) is 4.21 Å². The highest BCUT2D eigenvalue weighted by Gasteiger charge is 2.15. The molecule has 1 aromatic rings. The molecule has 1 atom stereocenters. The summed E-state index contributed by atoms with van der Waals surface area (Å²) in [7, 11) is 0. The van der Waals surface area contributed by atoms with Crippen LogP contribution in [0.5, 0.6) is 0 Å². The van der Waals surface area contributed by atoms with Crippen molar-refractivity contribution in [3.63, 3.8) is 0 Å². The van der Waals surface area contributed by atoms with Crippen molar-refractivity contribution in [2.75, 3.05) is 17.6 Å². The summed E-state index contributed by atoms with van der Waals surface area (Å²) in [4.78, 5) is 12.4. The Kier molecular flexibility index (Phi) is 6.39. The van der Waals surface area contributed by atoms with Crippen LogP contribution in [-0.4, -0.2) is 27.6 Å². The standard InChI is InChI=1S/C10H12INO4S2/c1-3-16-10(13)6-4-7(11)8(12-18(14)15)5-9(6)17-2/h4-5,12H,3H2,1-2H3,(H,14,15)/p-1. The maximum absolute atomic E-state index is 11.7. The second kappa shape index (κ2) is 7.31. The summed E-state index contributed by atoms with van der Waals surface area (Å²) in [5.41, 5.74) is 0.886. The summed E-state index contributed by atoms with van der Waals surface area (Å²) in [6, 6.07) is 3.23. The van der Waals surface area contributed by atoms with Crippen LogP contribution >= 0.6 is 34.4 Å². The molecule has 0 saturated carbocycles. The highest BCUT2D eigenvalue weighted by atomic mass is 127. The van der Waals surface area contributed by atoms with Crippen molar-refractivity contribution in [3.05, 3.63) is 21.3 Å². The number of nitrogens with one attached hydrogen (secondary N) is 1. The van der Waals surface area contributed by atoms with Crippen molar-refractivity contribution >= 4 is 57.3 Å². The number of carbonyl (C=O) groups excluding carboxylic acids is 1. The van der Waals surface area contributed by atoms with Crippen LogP contribution < -0.4 is 4.72 Å². The summed E-state index contributed by atoms with van der Waals surface area (Å²) >= 11 is 0.928. The Hall–Kier alpha value is -0.320. The van der Waals surface area contributed by atoms with Crippen molar-refractivity contribution in [2.45, 2.75) is 11.8 Å². The van der Waals surface area contributed by atoms with Gasteiger partial charge in [-0.15, -0.1) is 11.8 Å². The number of benzene rings is 1. The minimum absolute atomic E-state index is 0.299. The highest BCUT2D eigenvalue weighted by Crippen LogP contribution is 2.29. The number of rotatable bonds is 5. The smallest absolute Gasteiger partial charge is 0.339 e. The van der Waals surface area contributed by atoms with E-state index in [9.17, 15) is 13.6 Å². The Balaban J connectivity index is 3.18. The molecule has 0 amide bonds. The lowest BCUT2D eigenvalue weighted by atomic mass is 10.2. The van der Waals surface area contributed by atoms with E-state index < -0.39 is 17.2 Å². The molecule has 5 nitrogen and oxygen atoms in total. The molecule has 0 radical (unpaired) electrons. The van der Waals surface area contributed by atoms with Crippen molar-refractivity contribution in [2.24, 2.45) is 0 Å². The maximum Gasteiger partial charge on any atom is 0.339 e. The van der Waals surface area contributed by atoms with Crippen LogP contribution in [-0.2, 0) is 16.0 Å². The van der Waals surface area contributed by atoms with Gasteiger partial charge in [0.15, 0.2) is 0 Å². The molecule has 0 aliphatic rings. The van der Waals surface area contributed by atoms with E-state index in [1.54, 1.807) is 19.1 Å².